The highest BCUT2D eigenvalue weighted by atomic mass is 32.2. The van der Waals surface area contributed by atoms with Crippen LogP contribution in [0.5, 0.6) is 0 Å². The van der Waals surface area contributed by atoms with Crippen LogP contribution in [0.3, 0.4) is 0 Å². The highest BCUT2D eigenvalue weighted by molar-refractivity contribution is 7.91. The van der Waals surface area contributed by atoms with Crippen molar-refractivity contribution in [3.8, 4) is 0 Å². The van der Waals surface area contributed by atoms with Crippen molar-refractivity contribution in [1.29, 1.82) is 0 Å². The molecule has 1 unspecified atom stereocenters. The number of piperidine rings is 1. The molecule has 2 heterocycles. The summed E-state index contributed by atoms with van der Waals surface area (Å²) in [6.07, 6.45) is 1.87. The first kappa shape index (κ1) is 17.4. The van der Waals surface area contributed by atoms with E-state index in [2.05, 4.69) is 0 Å². The second-order valence-electron chi connectivity index (χ2n) is 5.36. The van der Waals surface area contributed by atoms with Gasteiger partial charge in [-0.15, -0.1) is 11.3 Å². The number of aryl methyl sites for hydroxylation is 1. The Labute approximate surface area is 135 Å². The molecule has 6 nitrogen and oxygen atoms in total. The van der Waals surface area contributed by atoms with E-state index in [9.17, 15) is 13.2 Å². The summed E-state index contributed by atoms with van der Waals surface area (Å²) < 4.78 is 37.5. The normalized spacial score (nSPS) is 23.4. The predicted octanol–water partition coefficient (Wildman–Crippen LogP) is 1.79. The minimum atomic E-state index is -3.76. The largest absolute Gasteiger partial charge is 0.468 e. The van der Waals surface area contributed by atoms with E-state index < -0.39 is 21.5 Å². The number of rotatable bonds is 5. The molecule has 1 aromatic heterocycles. The van der Waals surface area contributed by atoms with E-state index in [1.807, 2.05) is 6.92 Å². The fourth-order valence-corrected chi connectivity index (χ4v) is 6.04. The van der Waals surface area contributed by atoms with Gasteiger partial charge in [0.15, 0.2) is 5.54 Å². The molecule has 1 aromatic rings. The third-order valence-corrected chi connectivity index (χ3v) is 7.32. The van der Waals surface area contributed by atoms with Crippen molar-refractivity contribution in [1.82, 2.24) is 4.31 Å². The van der Waals surface area contributed by atoms with Gasteiger partial charge in [-0.25, -0.2) is 13.2 Å². The van der Waals surface area contributed by atoms with Crippen molar-refractivity contribution in [2.45, 2.75) is 35.9 Å². The minimum absolute atomic E-state index is 0.0107. The number of sulfonamides is 1. The summed E-state index contributed by atoms with van der Waals surface area (Å²) in [7, 11) is -1.03. The zero-order valence-electron chi connectivity index (χ0n) is 13.0. The van der Waals surface area contributed by atoms with Gasteiger partial charge in [0.25, 0.3) is 10.0 Å². The molecule has 0 bridgehead atoms. The molecule has 124 valence electrons. The highest BCUT2D eigenvalue weighted by Gasteiger charge is 2.52. The Hall–Kier alpha value is -0.960. The molecule has 22 heavy (non-hydrogen) atoms. The molecule has 0 saturated carbocycles. The van der Waals surface area contributed by atoms with E-state index in [1.165, 1.54) is 29.9 Å². The van der Waals surface area contributed by atoms with Crippen LogP contribution in [-0.4, -0.2) is 51.6 Å². The smallest absolute Gasteiger partial charge is 0.329 e. The fraction of sp³-hybridized carbons (Fsp3) is 0.643. The van der Waals surface area contributed by atoms with E-state index in [0.717, 1.165) is 11.3 Å². The Morgan fingerprint density at radius 3 is 2.64 bits per heavy atom. The summed E-state index contributed by atoms with van der Waals surface area (Å²) in [6, 6.07) is 3.34. The lowest BCUT2D eigenvalue weighted by Gasteiger charge is -2.42. The van der Waals surface area contributed by atoms with Gasteiger partial charge in [0, 0.05) is 18.5 Å². The fourth-order valence-electron chi connectivity index (χ4n) is 2.86. The molecule has 2 rings (SSSR count). The number of esters is 1. The van der Waals surface area contributed by atoms with Crippen LogP contribution in [0.25, 0.3) is 0 Å². The third-order valence-electron chi connectivity index (χ3n) is 3.89. The molecule has 0 aromatic carbocycles. The van der Waals surface area contributed by atoms with Crippen molar-refractivity contribution in [2.24, 2.45) is 0 Å². The molecule has 8 heteroatoms. The molecule has 0 amide bonds. The van der Waals surface area contributed by atoms with E-state index in [0.29, 0.717) is 12.8 Å². The first-order valence-corrected chi connectivity index (χ1v) is 9.31. The van der Waals surface area contributed by atoms with Gasteiger partial charge >= 0.3 is 5.97 Å². The number of hydrogen-bond acceptors (Lipinski definition) is 6. The minimum Gasteiger partial charge on any atom is -0.468 e. The average Bonchev–Trinajstić information content (AvgIpc) is 2.94. The van der Waals surface area contributed by atoms with E-state index in [4.69, 9.17) is 9.47 Å². The van der Waals surface area contributed by atoms with Crippen LogP contribution < -0.4 is 0 Å². The maximum Gasteiger partial charge on any atom is 0.329 e. The lowest BCUT2D eigenvalue weighted by molar-refractivity contribution is -0.157. The number of thiophene rings is 1. The SMILES string of the molecule is COCC1(C(=O)OC)CCCCN1S(=O)(=O)c1ccc(C)s1. The second kappa shape index (κ2) is 6.66. The van der Waals surface area contributed by atoms with E-state index >= 15 is 0 Å². The number of hydrogen-bond donors (Lipinski definition) is 0. The maximum atomic E-state index is 13.0. The second-order valence-corrected chi connectivity index (χ2v) is 8.73. The molecular weight excluding hydrogens is 326 g/mol. The van der Waals surface area contributed by atoms with E-state index in [1.54, 1.807) is 12.1 Å². The van der Waals surface area contributed by atoms with Crippen LogP contribution in [0, 0.1) is 6.92 Å². The van der Waals surface area contributed by atoms with Crippen LogP contribution in [0.4, 0.5) is 0 Å². The van der Waals surface area contributed by atoms with Gasteiger partial charge in [-0.05, 0) is 38.3 Å². The van der Waals surface area contributed by atoms with Gasteiger partial charge in [-0.1, -0.05) is 0 Å². The molecule has 1 fully saturated rings. The van der Waals surface area contributed by atoms with Crippen LogP contribution in [-0.2, 0) is 24.3 Å². The molecule has 0 radical (unpaired) electrons. The summed E-state index contributed by atoms with van der Waals surface area (Å²) in [6.45, 7) is 2.13. The lowest BCUT2D eigenvalue weighted by Crippen LogP contribution is -2.62. The van der Waals surface area contributed by atoms with Gasteiger partial charge in [-0.2, -0.15) is 4.31 Å². The zero-order valence-corrected chi connectivity index (χ0v) is 14.6. The summed E-state index contributed by atoms with van der Waals surface area (Å²) >= 11 is 1.20. The molecule has 1 aliphatic rings. The lowest BCUT2D eigenvalue weighted by atomic mass is 9.89. The Kier molecular flexibility index (Phi) is 5.26. The topological polar surface area (TPSA) is 72.9 Å². The van der Waals surface area contributed by atoms with Crippen LogP contribution >= 0.6 is 11.3 Å². The standard InChI is InChI=1S/C14H21NO5S2/c1-11-6-7-12(21-11)22(17,18)15-9-5-4-8-14(15,10-19-2)13(16)20-3/h6-7H,4-5,8-10H2,1-3H3. The Balaban J connectivity index is 2.50. The van der Waals surface area contributed by atoms with Gasteiger partial charge in [0.05, 0.1) is 13.7 Å². The predicted molar refractivity (Wildman–Crippen MR) is 83.4 cm³/mol. The summed E-state index contributed by atoms with van der Waals surface area (Å²) in [5.74, 6) is -0.564. The van der Waals surface area contributed by atoms with Crippen molar-refractivity contribution < 1.29 is 22.7 Å². The quantitative estimate of drug-likeness (QED) is 0.759. The number of ether oxygens (including phenoxy) is 2. The van der Waals surface area contributed by atoms with Gasteiger partial charge < -0.3 is 9.47 Å². The third kappa shape index (κ3) is 2.92. The van der Waals surface area contributed by atoms with Crippen molar-refractivity contribution in [3.05, 3.63) is 17.0 Å². The molecule has 0 spiro atoms. The maximum absolute atomic E-state index is 13.0. The molecule has 0 N–H and O–H groups in total. The summed E-state index contributed by atoms with van der Waals surface area (Å²) in [4.78, 5) is 13.3. The molecular formula is C14H21NO5S2. The number of carbonyl (C=O) groups excluding carboxylic acids is 1. The Morgan fingerprint density at radius 2 is 2.09 bits per heavy atom. The first-order valence-electron chi connectivity index (χ1n) is 7.05. The van der Waals surface area contributed by atoms with Gasteiger partial charge in [-0.3, -0.25) is 0 Å². The zero-order chi connectivity index (χ0) is 16.4. The Bertz CT molecular complexity index is 635. The highest BCUT2D eigenvalue weighted by Crippen LogP contribution is 2.36. The number of nitrogens with zero attached hydrogens (tertiary/aromatic N) is 1. The molecule has 1 atom stereocenters. The monoisotopic (exact) mass is 347 g/mol. The van der Waals surface area contributed by atoms with Crippen LogP contribution in [0.15, 0.2) is 16.3 Å². The van der Waals surface area contributed by atoms with Crippen molar-refractivity contribution in [2.75, 3.05) is 27.4 Å². The number of carbonyl (C=O) groups is 1. The summed E-state index contributed by atoms with van der Waals surface area (Å²) in [5.41, 5.74) is -1.28. The van der Waals surface area contributed by atoms with Crippen molar-refractivity contribution >= 4 is 27.3 Å². The molecule has 1 aliphatic heterocycles. The first-order chi connectivity index (χ1) is 10.4. The Morgan fingerprint density at radius 1 is 1.36 bits per heavy atom. The molecule has 0 aliphatic carbocycles. The molecule has 1 saturated heterocycles. The van der Waals surface area contributed by atoms with Crippen molar-refractivity contribution in [3.63, 3.8) is 0 Å². The van der Waals surface area contributed by atoms with Gasteiger partial charge in [0.2, 0.25) is 0 Å². The summed E-state index contributed by atoms with van der Waals surface area (Å²) in [5, 5.41) is 0. The van der Waals surface area contributed by atoms with Crippen LogP contribution in [0.1, 0.15) is 24.1 Å². The number of methoxy groups -OCH3 is 2. The van der Waals surface area contributed by atoms with E-state index in [-0.39, 0.29) is 17.4 Å². The van der Waals surface area contributed by atoms with Crippen LogP contribution in [0.2, 0.25) is 0 Å². The van der Waals surface area contributed by atoms with Gasteiger partial charge in [0.1, 0.15) is 4.21 Å². The average molecular weight is 347 g/mol.